The molecule has 1 aliphatic rings. The zero-order chi connectivity index (χ0) is 13.1. The van der Waals surface area contributed by atoms with E-state index >= 15 is 0 Å². The van der Waals surface area contributed by atoms with E-state index in [0.717, 1.165) is 29.7 Å². The molecule has 4 heteroatoms. The zero-order valence-corrected chi connectivity index (χ0v) is 11.3. The number of ether oxygens (including phenoxy) is 1. The van der Waals surface area contributed by atoms with Crippen LogP contribution in [0.15, 0.2) is 12.1 Å². The molecule has 18 heavy (non-hydrogen) atoms. The highest BCUT2D eigenvalue weighted by Crippen LogP contribution is 2.33. The number of hydrogen-bond donors (Lipinski definition) is 1. The van der Waals surface area contributed by atoms with Gasteiger partial charge < -0.3 is 10.5 Å². The van der Waals surface area contributed by atoms with Crippen molar-refractivity contribution in [2.45, 2.75) is 26.2 Å². The molecule has 0 fully saturated rings. The van der Waals surface area contributed by atoms with Gasteiger partial charge in [0.05, 0.1) is 6.61 Å². The molecule has 2 rings (SSSR count). The number of benzene rings is 1. The second-order valence-corrected chi connectivity index (χ2v) is 5.07. The third-order valence-electron chi connectivity index (χ3n) is 3.42. The molecular formula is C14H18ClNO2. The Labute approximate surface area is 112 Å². The van der Waals surface area contributed by atoms with E-state index in [4.69, 9.17) is 22.1 Å². The SMILES string of the molecule is CCC(CN)C(=O)Cc1cc(Cl)cc2c1OCC2. The van der Waals surface area contributed by atoms with Gasteiger partial charge in [0.25, 0.3) is 0 Å². The Morgan fingerprint density at radius 1 is 1.56 bits per heavy atom. The number of carbonyl (C=O) groups is 1. The predicted octanol–water partition coefficient (Wildman–Crippen LogP) is 2.37. The van der Waals surface area contributed by atoms with Gasteiger partial charge in [-0.1, -0.05) is 18.5 Å². The Balaban J connectivity index is 2.22. The minimum atomic E-state index is -0.0685. The highest BCUT2D eigenvalue weighted by molar-refractivity contribution is 6.30. The van der Waals surface area contributed by atoms with E-state index in [1.54, 1.807) is 0 Å². The number of halogens is 1. The van der Waals surface area contributed by atoms with E-state index in [-0.39, 0.29) is 11.7 Å². The van der Waals surface area contributed by atoms with Gasteiger partial charge in [-0.05, 0) is 24.1 Å². The Kier molecular flexibility index (Phi) is 4.25. The topological polar surface area (TPSA) is 52.3 Å². The highest BCUT2D eigenvalue weighted by Gasteiger charge is 2.22. The lowest BCUT2D eigenvalue weighted by Gasteiger charge is -2.13. The van der Waals surface area contributed by atoms with Gasteiger partial charge in [0.2, 0.25) is 0 Å². The Bertz CT molecular complexity index is 455. The normalized spacial score (nSPS) is 15.1. The highest BCUT2D eigenvalue weighted by atomic mass is 35.5. The van der Waals surface area contributed by atoms with Crippen LogP contribution in [0.25, 0.3) is 0 Å². The van der Waals surface area contributed by atoms with Gasteiger partial charge in [-0.3, -0.25) is 4.79 Å². The summed E-state index contributed by atoms with van der Waals surface area (Å²) in [5.41, 5.74) is 7.60. The summed E-state index contributed by atoms with van der Waals surface area (Å²) in [5, 5.41) is 0.669. The van der Waals surface area contributed by atoms with E-state index in [9.17, 15) is 4.79 Å². The second-order valence-electron chi connectivity index (χ2n) is 4.64. The van der Waals surface area contributed by atoms with Crippen LogP contribution in [0.2, 0.25) is 5.02 Å². The van der Waals surface area contributed by atoms with Crippen molar-refractivity contribution in [1.29, 1.82) is 0 Å². The maximum Gasteiger partial charge on any atom is 0.141 e. The van der Waals surface area contributed by atoms with Crippen LogP contribution in [0.5, 0.6) is 5.75 Å². The zero-order valence-electron chi connectivity index (χ0n) is 10.5. The smallest absolute Gasteiger partial charge is 0.141 e. The first-order chi connectivity index (χ1) is 8.65. The average Bonchev–Trinajstić information content (AvgIpc) is 2.78. The van der Waals surface area contributed by atoms with Crippen molar-refractivity contribution in [3.63, 3.8) is 0 Å². The molecule has 1 aromatic carbocycles. The molecule has 0 saturated heterocycles. The third-order valence-corrected chi connectivity index (χ3v) is 3.64. The third kappa shape index (κ3) is 2.68. The maximum absolute atomic E-state index is 12.1. The Morgan fingerprint density at radius 2 is 2.33 bits per heavy atom. The molecule has 1 unspecified atom stereocenters. The molecule has 0 bridgehead atoms. The van der Waals surface area contributed by atoms with E-state index in [0.29, 0.717) is 24.6 Å². The Hall–Kier alpha value is -1.06. The fourth-order valence-corrected chi connectivity index (χ4v) is 2.60. The van der Waals surface area contributed by atoms with Gasteiger partial charge in [-0.15, -0.1) is 0 Å². The van der Waals surface area contributed by atoms with Gasteiger partial charge in [0.15, 0.2) is 0 Å². The largest absolute Gasteiger partial charge is 0.493 e. The number of Topliss-reactive ketones (excluding diaryl/α,β-unsaturated/α-hetero) is 1. The lowest BCUT2D eigenvalue weighted by atomic mass is 9.94. The molecular weight excluding hydrogens is 250 g/mol. The van der Waals surface area contributed by atoms with E-state index < -0.39 is 0 Å². The standard InChI is InChI=1S/C14H18ClNO2/c1-2-9(8-16)13(17)7-11-6-12(15)5-10-3-4-18-14(10)11/h5-6,9H,2-4,7-8,16H2,1H3. The molecule has 0 aliphatic carbocycles. The molecule has 1 aromatic rings. The van der Waals surface area contributed by atoms with Crippen LogP contribution in [0.3, 0.4) is 0 Å². The maximum atomic E-state index is 12.1. The summed E-state index contributed by atoms with van der Waals surface area (Å²) in [7, 11) is 0. The summed E-state index contributed by atoms with van der Waals surface area (Å²) < 4.78 is 5.59. The molecule has 2 N–H and O–H groups in total. The minimum absolute atomic E-state index is 0.0685. The number of ketones is 1. The minimum Gasteiger partial charge on any atom is -0.493 e. The lowest BCUT2D eigenvalue weighted by molar-refractivity contribution is -0.122. The lowest BCUT2D eigenvalue weighted by Crippen LogP contribution is -2.24. The number of carbonyl (C=O) groups excluding carboxylic acids is 1. The molecule has 0 aromatic heterocycles. The number of nitrogens with two attached hydrogens (primary N) is 1. The summed E-state index contributed by atoms with van der Waals surface area (Å²) >= 11 is 6.07. The molecule has 0 saturated carbocycles. The monoisotopic (exact) mass is 267 g/mol. The van der Waals surface area contributed by atoms with E-state index in [1.807, 2.05) is 19.1 Å². The molecule has 3 nitrogen and oxygen atoms in total. The van der Waals surface area contributed by atoms with E-state index in [1.165, 1.54) is 0 Å². The van der Waals surface area contributed by atoms with Gasteiger partial charge in [0, 0.05) is 35.9 Å². The van der Waals surface area contributed by atoms with Crippen molar-refractivity contribution in [2.24, 2.45) is 11.7 Å². The number of hydrogen-bond acceptors (Lipinski definition) is 3. The average molecular weight is 268 g/mol. The van der Waals surface area contributed by atoms with E-state index in [2.05, 4.69) is 0 Å². The van der Waals surface area contributed by atoms with Crippen molar-refractivity contribution in [2.75, 3.05) is 13.2 Å². The Morgan fingerprint density at radius 3 is 3.00 bits per heavy atom. The fourth-order valence-electron chi connectivity index (χ4n) is 2.34. The quantitative estimate of drug-likeness (QED) is 0.891. The van der Waals surface area contributed by atoms with Gasteiger partial charge in [-0.25, -0.2) is 0 Å². The first-order valence-corrected chi connectivity index (χ1v) is 6.70. The molecule has 1 heterocycles. The van der Waals surface area contributed by atoms with Crippen molar-refractivity contribution in [3.05, 3.63) is 28.3 Å². The van der Waals surface area contributed by atoms with Crippen LogP contribution in [0.1, 0.15) is 24.5 Å². The van der Waals surface area contributed by atoms with Crippen molar-refractivity contribution < 1.29 is 9.53 Å². The molecule has 1 atom stereocenters. The number of rotatable bonds is 5. The van der Waals surface area contributed by atoms with Crippen LogP contribution in [-0.4, -0.2) is 18.9 Å². The van der Waals surface area contributed by atoms with Crippen LogP contribution in [0, 0.1) is 5.92 Å². The first-order valence-electron chi connectivity index (χ1n) is 6.32. The van der Waals surface area contributed by atoms with Crippen LogP contribution in [-0.2, 0) is 17.6 Å². The molecule has 98 valence electrons. The molecule has 0 spiro atoms. The predicted molar refractivity (Wildman–Crippen MR) is 72.2 cm³/mol. The summed E-state index contributed by atoms with van der Waals surface area (Å²) in [6.45, 7) is 3.05. The van der Waals surface area contributed by atoms with Crippen LogP contribution in [0.4, 0.5) is 0 Å². The molecule has 0 radical (unpaired) electrons. The van der Waals surface area contributed by atoms with Crippen molar-refractivity contribution in [3.8, 4) is 5.75 Å². The first kappa shape index (κ1) is 13.4. The number of fused-ring (bicyclic) bond motifs is 1. The summed E-state index contributed by atoms with van der Waals surface area (Å²) in [6.07, 6.45) is 2.00. The van der Waals surface area contributed by atoms with Gasteiger partial charge in [0.1, 0.15) is 11.5 Å². The molecule has 0 amide bonds. The summed E-state index contributed by atoms with van der Waals surface area (Å²) in [4.78, 5) is 12.1. The van der Waals surface area contributed by atoms with Crippen LogP contribution < -0.4 is 10.5 Å². The van der Waals surface area contributed by atoms with Gasteiger partial charge in [-0.2, -0.15) is 0 Å². The molecule has 1 aliphatic heterocycles. The van der Waals surface area contributed by atoms with Crippen molar-refractivity contribution >= 4 is 17.4 Å². The second kappa shape index (κ2) is 5.72. The van der Waals surface area contributed by atoms with Crippen molar-refractivity contribution in [1.82, 2.24) is 0 Å². The van der Waals surface area contributed by atoms with Gasteiger partial charge >= 0.3 is 0 Å². The van der Waals surface area contributed by atoms with Crippen LogP contribution >= 0.6 is 11.6 Å². The summed E-state index contributed by atoms with van der Waals surface area (Å²) in [6, 6.07) is 3.74. The fraction of sp³-hybridized carbons (Fsp3) is 0.500. The summed E-state index contributed by atoms with van der Waals surface area (Å²) in [5.74, 6) is 0.945.